The Kier molecular flexibility index (Phi) is 3.16. The Morgan fingerprint density at radius 2 is 1.94 bits per heavy atom. The van der Waals surface area contributed by atoms with Gasteiger partial charge in [0.2, 0.25) is 0 Å². The maximum absolute atomic E-state index is 5.93. The molecule has 1 saturated carbocycles. The first-order valence-electron chi connectivity index (χ1n) is 6.37. The second-order valence-electron chi connectivity index (χ2n) is 5.14. The van der Waals surface area contributed by atoms with Gasteiger partial charge >= 0.3 is 0 Å². The molecule has 3 heteroatoms. The van der Waals surface area contributed by atoms with Gasteiger partial charge in [-0.15, -0.1) is 11.8 Å². The van der Waals surface area contributed by atoms with Gasteiger partial charge in [-0.3, -0.25) is 0 Å². The highest BCUT2D eigenvalue weighted by atomic mass is 32.2. The Morgan fingerprint density at radius 1 is 1.24 bits per heavy atom. The van der Waals surface area contributed by atoms with Gasteiger partial charge in [-0.2, -0.15) is 0 Å². The summed E-state index contributed by atoms with van der Waals surface area (Å²) in [6.07, 6.45) is 3.84. The van der Waals surface area contributed by atoms with E-state index in [0.29, 0.717) is 10.7 Å². The summed E-state index contributed by atoms with van der Waals surface area (Å²) >= 11 is 1.93. The largest absolute Gasteiger partial charge is 0.379 e. The summed E-state index contributed by atoms with van der Waals surface area (Å²) in [5.41, 5.74) is 7.65. The van der Waals surface area contributed by atoms with Crippen LogP contribution in [0, 0.1) is 0 Å². The summed E-state index contributed by atoms with van der Waals surface area (Å²) < 4.78 is 5.19. The molecule has 2 aliphatic rings. The van der Waals surface area contributed by atoms with E-state index in [9.17, 15) is 0 Å². The molecule has 92 valence electrons. The number of nitrogens with two attached hydrogens (primary N) is 1. The standard InChI is InChI=1S/C14H19NOS/c15-10-14(6-1-7-14)11-2-4-12(5-3-11)17-13-8-16-9-13/h2-5,13H,1,6-10,15H2. The number of hydrogen-bond acceptors (Lipinski definition) is 3. The molecule has 1 aliphatic carbocycles. The molecule has 0 spiro atoms. The van der Waals surface area contributed by atoms with Crippen molar-refractivity contribution in [3.05, 3.63) is 29.8 Å². The van der Waals surface area contributed by atoms with Crippen molar-refractivity contribution >= 4 is 11.8 Å². The fraction of sp³-hybridized carbons (Fsp3) is 0.571. The summed E-state index contributed by atoms with van der Waals surface area (Å²) in [7, 11) is 0. The van der Waals surface area contributed by atoms with Crippen molar-refractivity contribution in [3.8, 4) is 0 Å². The molecule has 0 amide bonds. The third kappa shape index (κ3) is 2.12. The van der Waals surface area contributed by atoms with Crippen molar-refractivity contribution in [2.24, 2.45) is 5.73 Å². The van der Waals surface area contributed by atoms with E-state index in [2.05, 4.69) is 24.3 Å². The topological polar surface area (TPSA) is 35.2 Å². The molecule has 0 radical (unpaired) electrons. The average Bonchev–Trinajstić information content (AvgIpc) is 2.25. The van der Waals surface area contributed by atoms with Crippen molar-refractivity contribution in [3.63, 3.8) is 0 Å². The first-order valence-corrected chi connectivity index (χ1v) is 7.25. The Morgan fingerprint density at radius 3 is 2.35 bits per heavy atom. The van der Waals surface area contributed by atoms with Gasteiger partial charge in [0.15, 0.2) is 0 Å². The molecule has 0 bridgehead atoms. The molecule has 0 atom stereocenters. The molecule has 1 aliphatic heterocycles. The minimum Gasteiger partial charge on any atom is -0.379 e. The first-order chi connectivity index (χ1) is 8.32. The zero-order valence-electron chi connectivity index (χ0n) is 10.0. The van der Waals surface area contributed by atoms with E-state index < -0.39 is 0 Å². The molecule has 0 aromatic heterocycles. The van der Waals surface area contributed by atoms with Gasteiger partial charge in [-0.1, -0.05) is 18.6 Å². The Hall–Kier alpha value is -0.510. The van der Waals surface area contributed by atoms with Crippen molar-refractivity contribution in [2.45, 2.75) is 34.8 Å². The number of rotatable bonds is 4. The van der Waals surface area contributed by atoms with Gasteiger partial charge in [0, 0.05) is 16.9 Å². The molecular formula is C14H19NOS. The monoisotopic (exact) mass is 249 g/mol. The molecule has 1 aromatic rings. The van der Waals surface area contributed by atoms with E-state index in [1.165, 1.54) is 29.7 Å². The summed E-state index contributed by atoms with van der Waals surface area (Å²) in [4.78, 5) is 1.36. The van der Waals surface area contributed by atoms with Crippen LogP contribution in [0.25, 0.3) is 0 Å². The van der Waals surface area contributed by atoms with E-state index in [1.54, 1.807) is 0 Å². The second kappa shape index (κ2) is 4.63. The van der Waals surface area contributed by atoms with Crippen LogP contribution in [0.1, 0.15) is 24.8 Å². The quantitative estimate of drug-likeness (QED) is 0.890. The van der Waals surface area contributed by atoms with Gasteiger partial charge in [0.05, 0.1) is 18.5 Å². The van der Waals surface area contributed by atoms with Gasteiger partial charge in [-0.25, -0.2) is 0 Å². The molecule has 0 unspecified atom stereocenters. The van der Waals surface area contributed by atoms with Crippen molar-refractivity contribution in [2.75, 3.05) is 19.8 Å². The normalized spacial score (nSPS) is 22.9. The number of thioether (sulfide) groups is 1. The van der Waals surface area contributed by atoms with Crippen molar-refractivity contribution < 1.29 is 4.74 Å². The molecule has 2 nitrogen and oxygen atoms in total. The Labute approximate surface area is 107 Å². The average molecular weight is 249 g/mol. The SMILES string of the molecule is NCC1(c2ccc(SC3COC3)cc2)CCC1. The van der Waals surface area contributed by atoms with E-state index in [-0.39, 0.29) is 0 Å². The maximum Gasteiger partial charge on any atom is 0.0611 e. The van der Waals surface area contributed by atoms with Gasteiger partial charge in [0.1, 0.15) is 0 Å². The van der Waals surface area contributed by atoms with Crippen LogP contribution in [0.15, 0.2) is 29.2 Å². The van der Waals surface area contributed by atoms with E-state index >= 15 is 0 Å². The minimum atomic E-state index is 0.294. The molecule has 2 N–H and O–H groups in total. The zero-order chi connectivity index (χ0) is 11.7. The van der Waals surface area contributed by atoms with Gasteiger partial charge in [-0.05, 0) is 30.5 Å². The fourth-order valence-corrected chi connectivity index (χ4v) is 3.58. The van der Waals surface area contributed by atoms with Crippen molar-refractivity contribution in [1.82, 2.24) is 0 Å². The molecular weight excluding hydrogens is 230 g/mol. The minimum absolute atomic E-state index is 0.294. The first kappa shape index (κ1) is 11.6. The third-order valence-corrected chi connectivity index (χ3v) is 5.23. The second-order valence-corrected chi connectivity index (χ2v) is 6.51. The highest BCUT2D eigenvalue weighted by molar-refractivity contribution is 8.00. The fourth-order valence-electron chi connectivity index (χ4n) is 2.58. The molecule has 3 rings (SSSR count). The highest BCUT2D eigenvalue weighted by Gasteiger charge is 2.37. The smallest absolute Gasteiger partial charge is 0.0611 e. The lowest BCUT2D eigenvalue weighted by atomic mass is 9.64. The highest BCUT2D eigenvalue weighted by Crippen LogP contribution is 2.43. The predicted molar refractivity (Wildman–Crippen MR) is 71.5 cm³/mol. The molecule has 17 heavy (non-hydrogen) atoms. The molecule has 2 fully saturated rings. The van der Waals surface area contributed by atoms with Crippen LogP contribution in [0.5, 0.6) is 0 Å². The van der Waals surface area contributed by atoms with E-state index in [4.69, 9.17) is 10.5 Å². The Balaban J connectivity index is 1.70. The van der Waals surface area contributed by atoms with Crippen LogP contribution in [0.3, 0.4) is 0 Å². The number of ether oxygens (including phenoxy) is 1. The summed E-state index contributed by atoms with van der Waals surface area (Å²) in [5, 5.41) is 0.660. The van der Waals surface area contributed by atoms with Crippen LogP contribution in [-0.2, 0) is 10.2 Å². The lowest BCUT2D eigenvalue weighted by molar-refractivity contribution is 0.0455. The lowest BCUT2D eigenvalue weighted by Crippen LogP contribution is -2.41. The van der Waals surface area contributed by atoms with Crippen LogP contribution < -0.4 is 5.73 Å². The summed E-state index contributed by atoms with van der Waals surface area (Å²) in [6, 6.07) is 9.03. The van der Waals surface area contributed by atoms with Crippen LogP contribution in [-0.4, -0.2) is 25.0 Å². The zero-order valence-corrected chi connectivity index (χ0v) is 10.8. The van der Waals surface area contributed by atoms with Crippen LogP contribution in [0.4, 0.5) is 0 Å². The molecule has 1 saturated heterocycles. The Bertz CT molecular complexity index is 376. The predicted octanol–water partition coefficient (Wildman–Crippen LogP) is 2.56. The van der Waals surface area contributed by atoms with Gasteiger partial charge in [0.25, 0.3) is 0 Å². The maximum atomic E-state index is 5.93. The van der Waals surface area contributed by atoms with Crippen LogP contribution in [0.2, 0.25) is 0 Å². The number of hydrogen-bond donors (Lipinski definition) is 1. The summed E-state index contributed by atoms with van der Waals surface area (Å²) in [5.74, 6) is 0. The van der Waals surface area contributed by atoms with E-state index in [0.717, 1.165) is 19.8 Å². The third-order valence-electron chi connectivity index (χ3n) is 4.08. The number of benzene rings is 1. The summed E-state index contributed by atoms with van der Waals surface area (Å²) in [6.45, 7) is 2.59. The molecule has 1 heterocycles. The van der Waals surface area contributed by atoms with E-state index in [1.807, 2.05) is 11.8 Å². The lowest BCUT2D eigenvalue weighted by Gasteiger charge is -2.41. The van der Waals surface area contributed by atoms with Gasteiger partial charge < -0.3 is 10.5 Å². The molecule has 1 aromatic carbocycles. The van der Waals surface area contributed by atoms with Crippen LogP contribution >= 0.6 is 11.8 Å². The van der Waals surface area contributed by atoms with Crippen molar-refractivity contribution in [1.29, 1.82) is 0 Å².